The third-order valence-corrected chi connectivity index (χ3v) is 3.38. The fraction of sp³-hybridized carbons (Fsp3) is 0.231. The van der Waals surface area contributed by atoms with Crippen LogP contribution >= 0.6 is 11.3 Å². The smallest absolute Gasteiger partial charge is 0.225 e. The topological polar surface area (TPSA) is 77.2 Å². The number of methoxy groups -OCH3 is 1. The number of rotatable bonds is 4. The molecule has 19 heavy (non-hydrogen) atoms. The zero-order valence-electron chi connectivity index (χ0n) is 10.8. The summed E-state index contributed by atoms with van der Waals surface area (Å²) in [6.07, 6.45) is 0.406. The van der Waals surface area contributed by atoms with Gasteiger partial charge in [0.25, 0.3) is 0 Å². The molecule has 0 bridgehead atoms. The number of hydrogen-bond donors (Lipinski definition) is 2. The number of hydrogen-bond acceptors (Lipinski definition) is 5. The molecule has 0 fully saturated rings. The maximum Gasteiger partial charge on any atom is 0.225 e. The maximum absolute atomic E-state index is 11.4. The first kappa shape index (κ1) is 13.4. The summed E-state index contributed by atoms with van der Waals surface area (Å²) in [5.41, 5.74) is 7.41. The predicted molar refractivity (Wildman–Crippen MR) is 77.4 cm³/mol. The van der Waals surface area contributed by atoms with E-state index in [1.807, 2.05) is 24.3 Å². The second kappa shape index (κ2) is 5.71. The molecular weight excluding hydrogens is 262 g/mol. The highest BCUT2D eigenvalue weighted by atomic mass is 32.1. The summed E-state index contributed by atoms with van der Waals surface area (Å²) in [4.78, 5) is 15.7. The molecule has 3 N–H and O–H groups in total. The van der Waals surface area contributed by atoms with Crippen LogP contribution in [0.25, 0.3) is 11.3 Å². The highest BCUT2D eigenvalue weighted by Crippen LogP contribution is 2.37. The number of ether oxygens (including phenoxy) is 1. The second-order valence-corrected chi connectivity index (χ2v) is 4.86. The Labute approximate surface area is 115 Å². The van der Waals surface area contributed by atoms with Crippen LogP contribution in [0.1, 0.15) is 13.3 Å². The minimum absolute atomic E-state index is 0.0830. The van der Waals surface area contributed by atoms with Gasteiger partial charge in [-0.2, -0.15) is 0 Å². The van der Waals surface area contributed by atoms with Crippen LogP contribution < -0.4 is 15.8 Å². The van der Waals surface area contributed by atoms with Crippen molar-refractivity contribution in [2.24, 2.45) is 0 Å². The third-order valence-electron chi connectivity index (χ3n) is 2.58. The Bertz CT molecular complexity index is 595. The van der Waals surface area contributed by atoms with E-state index in [4.69, 9.17) is 10.5 Å². The Kier molecular flexibility index (Phi) is 4.01. The number of anilines is 2. The molecule has 1 amide bonds. The van der Waals surface area contributed by atoms with Gasteiger partial charge in [0.15, 0.2) is 5.13 Å². The molecule has 1 aromatic carbocycles. The predicted octanol–water partition coefficient (Wildman–Crippen LogP) is 2.75. The van der Waals surface area contributed by atoms with Crippen LogP contribution in [-0.4, -0.2) is 18.0 Å². The average molecular weight is 277 g/mol. The largest absolute Gasteiger partial charge is 0.496 e. The lowest BCUT2D eigenvalue weighted by molar-refractivity contribution is -0.115. The highest BCUT2D eigenvalue weighted by molar-refractivity contribution is 7.20. The van der Waals surface area contributed by atoms with E-state index in [0.717, 1.165) is 5.56 Å². The van der Waals surface area contributed by atoms with E-state index in [9.17, 15) is 4.79 Å². The van der Waals surface area contributed by atoms with E-state index in [1.165, 1.54) is 11.3 Å². The second-order valence-electron chi connectivity index (χ2n) is 3.83. The molecule has 100 valence electrons. The number of nitrogens with two attached hydrogens (primary N) is 1. The standard InChI is InChI=1S/C13H15N3O2S/c1-3-10(17)15-13-16-11(12(14)19-13)8-6-4-5-7-9(8)18-2/h4-7H,3,14H2,1-2H3,(H,15,16,17). The average Bonchev–Trinajstić information content (AvgIpc) is 2.79. The third kappa shape index (κ3) is 2.85. The number of nitrogens with zero attached hydrogens (tertiary/aromatic N) is 1. The van der Waals surface area contributed by atoms with Crippen LogP contribution in [0.5, 0.6) is 5.75 Å². The van der Waals surface area contributed by atoms with Crippen molar-refractivity contribution in [2.45, 2.75) is 13.3 Å². The Morgan fingerprint density at radius 3 is 2.89 bits per heavy atom. The van der Waals surface area contributed by atoms with Gasteiger partial charge in [-0.1, -0.05) is 30.4 Å². The first-order valence-electron chi connectivity index (χ1n) is 5.85. The van der Waals surface area contributed by atoms with Crippen molar-refractivity contribution in [3.63, 3.8) is 0 Å². The number of para-hydroxylation sites is 1. The van der Waals surface area contributed by atoms with E-state index in [2.05, 4.69) is 10.3 Å². The monoisotopic (exact) mass is 277 g/mol. The number of benzene rings is 1. The molecule has 0 radical (unpaired) electrons. The van der Waals surface area contributed by atoms with Gasteiger partial charge in [0.1, 0.15) is 16.4 Å². The minimum atomic E-state index is -0.0830. The van der Waals surface area contributed by atoms with Gasteiger partial charge in [0.05, 0.1) is 7.11 Å². The quantitative estimate of drug-likeness (QED) is 0.900. The summed E-state index contributed by atoms with van der Waals surface area (Å²) < 4.78 is 5.29. The van der Waals surface area contributed by atoms with Crippen molar-refractivity contribution in [3.8, 4) is 17.0 Å². The van der Waals surface area contributed by atoms with Crippen LogP contribution in [0.3, 0.4) is 0 Å². The lowest BCUT2D eigenvalue weighted by atomic mass is 10.1. The van der Waals surface area contributed by atoms with E-state index in [1.54, 1.807) is 14.0 Å². The first-order chi connectivity index (χ1) is 9.15. The number of nitrogen functional groups attached to an aromatic ring is 1. The Morgan fingerprint density at radius 2 is 2.21 bits per heavy atom. The van der Waals surface area contributed by atoms with Gasteiger partial charge in [0, 0.05) is 12.0 Å². The van der Waals surface area contributed by atoms with Gasteiger partial charge in [-0.3, -0.25) is 4.79 Å². The lowest BCUT2D eigenvalue weighted by Gasteiger charge is -2.05. The maximum atomic E-state index is 11.4. The molecular formula is C13H15N3O2S. The van der Waals surface area contributed by atoms with Crippen LogP contribution in [-0.2, 0) is 4.79 Å². The van der Waals surface area contributed by atoms with Crippen LogP contribution in [0.15, 0.2) is 24.3 Å². The van der Waals surface area contributed by atoms with Crippen LogP contribution in [0.4, 0.5) is 10.1 Å². The Hall–Kier alpha value is -2.08. The van der Waals surface area contributed by atoms with Gasteiger partial charge in [-0.15, -0.1) is 0 Å². The minimum Gasteiger partial charge on any atom is -0.496 e. The van der Waals surface area contributed by atoms with Crippen molar-refractivity contribution in [3.05, 3.63) is 24.3 Å². The molecule has 6 heteroatoms. The molecule has 2 rings (SSSR count). The molecule has 1 heterocycles. The zero-order valence-corrected chi connectivity index (χ0v) is 11.6. The number of carbonyl (C=O) groups excluding carboxylic acids is 1. The van der Waals surface area contributed by atoms with Crippen molar-refractivity contribution in [1.29, 1.82) is 0 Å². The molecule has 0 unspecified atom stereocenters. The molecule has 5 nitrogen and oxygen atoms in total. The summed E-state index contributed by atoms with van der Waals surface area (Å²) in [5, 5.41) is 3.76. The van der Waals surface area contributed by atoms with Crippen molar-refractivity contribution < 1.29 is 9.53 Å². The van der Waals surface area contributed by atoms with Crippen LogP contribution in [0, 0.1) is 0 Å². The summed E-state index contributed by atoms with van der Waals surface area (Å²) in [6.45, 7) is 1.79. The van der Waals surface area contributed by atoms with Crippen LogP contribution in [0.2, 0.25) is 0 Å². The molecule has 1 aromatic heterocycles. The number of thiazole rings is 1. The van der Waals surface area contributed by atoms with Gasteiger partial charge in [-0.05, 0) is 12.1 Å². The highest BCUT2D eigenvalue weighted by Gasteiger charge is 2.15. The number of nitrogens with one attached hydrogen (secondary N) is 1. The zero-order chi connectivity index (χ0) is 13.8. The van der Waals surface area contributed by atoms with Gasteiger partial charge in [0.2, 0.25) is 5.91 Å². The summed E-state index contributed by atoms with van der Waals surface area (Å²) in [5.74, 6) is 0.619. The number of amides is 1. The molecule has 0 atom stereocenters. The van der Waals surface area contributed by atoms with Crippen molar-refractivity contribution >= 4 is 27.4 Å². The number of carbonyl (C=O) groups is 1. The van der Waals surface area contributed by atoms with E-state index in [0.29, 0.717) is 28.0 Å². The van der Waals surface area contributed by atoms with Gasteiger partial charge in [-0.25, -0.2) is 4.98 Å². The van der Waals surface area contributed by atoms with Gasteiger partial charge < -0.3 is 15.8 Å². The van der Waals surface area contributed by atoms with Gasteiger partial charge >= 0.3 is 0 Å². The summed E-state index contributed by atoms with van der Waals surface area (Å²) in [6, 6.07) is 7.50. The van der Waals surface area contributed by atoms with E-state index < -0.39 is 0 Å². The molecule has 0 saturated heterocycles. The molecule has 0 saturated carbocycles. The lowest BCUT2D eigenvalue weighted by Crippen LogP contribution is -2.08. The molecule has 0 aliphatic heterocycles. The molecule has 0 spiro atoms. The molecule has 0 aliphatic carbocycles. The Morgan fingerprint density at radius 1 is 1.47 bits per heavy atom. The Balaban J connectivity index is 2.37. The van der Waals surface area contributed by atoms with Crippen molar-refractivity contribution in [1.82, 2.24) is 4.98 Å². The van der Waals surface area contributed by atoms with Crippen molar-refractivity contribution in [2.75, 3.05) is 18.2 Å². The van der Waals surface area contributed by atoms with E-state index in [-0.39, 0.29) is 5.91 Å². The first-order valence-corrected chi connectivity index (χ1v) is 6.67. The fourth-order valence-corrected chi connectivity index (χ4v) is 2.39. The normalized spacial score (nSPS) is 10.2. The summed E-state index contributed by atoms with van der Waals surface area (Å²) >= 11 is 1.25. The number of aromatic nitrogens is 1. The fourth-order valence-electron chi connectivity index (χ4n) is 1.63. The molecule has 0 aliphatic rings. The summed E-state index contributed by atoms with van der Waals surface area (Å²) in [7, 11) is 1.60. The molecule has 2 aromatic rings. The van der Waals surface area contributed by atoms with E-state index >= 15 is 0 Å². The SMILES string of the molecule is CCC(=O)Nc1nc(-c2ccccc2OC)c(N)s1.